The Bertz CT molecular complexity index is 499. The van der Waals surface area contributed by atoms with Gasteiger partial charge in [-0.1, -0.05) is 12.1 Å². The number of halogens is 2. The fraction of sp³-hybridized carbons (Fsp3) is 0.625. The van der Waals surface area contributed by atoms with Crippen molar-refractivity contribution in [3.63, 3.8) is 0 Å². The average Bonchev–Trinajstić information content (AvgIpc) is 2.53. The zero-order valence-corrected chi connectivity index (χ0v) is 12.5. The van der Waals surface area contributed by atoms with Gasteiger partial charge in [0.2, 0.25) is 0 Å². The highest BCUT2D eigenvalue weighted by Gasteiger charge is 2.48. The Morgan fingerprint density at radius 2 is 1.95 bits per heavy atom. The summed E-state index contributed by atoms with van der Waals surface area (Å²) in [7, 11) is 0. The van der Waals surface area contributed by atoms with Crippen LogP contribution in [0.4, 0.5) is 8.78 Å². The first-order chi connectivity index (χ1) is 9.12. The van der Waals surface area contributed by atoms with Crippen LogP contribution < -0.4 is 5.73 Å². The van der Waals surface area contributed by atoms with E-state index in [2.05, 4.69) is 0 Å². The van der Waals surface area contributed by atoms with Crippen LogP contribution in [0, 0.1) is 17.6 Å². The topological polar surface area (TPSA) is 35.2 Å². The van der Waals surface area contributed by atoms with Gasteiger partial charge in [0.25, 0.3) is 0 Å². The Morgan fingerprint density at radius 1 is 1.30 bits per heavy atom. The summed E-state index contributed by atoms with van der Waals surface area (Å²) in [5, 5.41) is 0. The molecule has 112 valence electrons. The fourth-order valence-electron chi connectivity index (χ4n) is 3.37. The minimum atomic E-state index is -0.822. The normalized spacial score (nSPS) is 25.6. The van der Waals surface area contributed by atoms with Gasteiger partial charge in [-0.15, -0.1) is 0 Å². The molecule has 0 aliphatic carbocycles. The molecular weight excluding hydrogens is 260 g/mol. The van der Waals surface area contributed by atoms with E-state index >= 15 is 0 Å². The lowest BCUT2D eigenvalue weighted by atomic mass is 9.80. The summed E-state index contributed by atoms with van der Waals surface area (Å²) in [5.41, 5.74) is 6.00. The number of nitrogens with two attached hydrogens (primary N) is 1. The van der Waals surface area contributed by atoms with Gasteiger partial charge in [-0.05, 0) is 52.2 Å². The van der Waals surface area contributed by atoms with Crippen molar-refractivity contribution in [3.05, 3.63) is 35.4 Å². The van der Waals surface area contributed by atoms with Crippen molar-refractivity contribution in [2.45, 2.75) is 57.8 Å². The molecule has 20 heavy (non-hydrogen) atoms. The van der Waals surface area contributed by atoms with E-state index in [0.29, 0.717) is 12.0 Å². The molecule has 1 heterocycles. The predicted molar refractivity (Wildman–Crippen MR) is 75.4 cm³/mol. The van der Waals surface area contributed by atoms with Crippen LogP contribution in [0.25, 0.3) is 0 Å². The van der Waals surface area contributed by atoms with Gasteiger partial charge in [0.15, 0.2) is 11.6 Å². The van der Waals surface area contributed by atoms with Crippen molar-refractivity contribution in [1.82, 2.24) is 0 Å². The molecule has 1 aromatic carbocycles. The molecular formula is C16H23F2NO. The number of hydrogen-bond acceptors (Lipinski definition) is 2. The summed E-state index contributed by atoms with van der Waals surface area (Å²) in [6.45, 7) is 8.08. The minimum absolute atomic E-state index is 0.111. The van der Waals surface area contributed by atoms with E-state index in [0.717, 1.165) is 12.5 Å². The van der Waals surface area contributed by atoms with Gasteiger partial charge in [0.05, 0.1) is 11.2 Å². The summed E-state index contributed by atoms with van der Waals surface area (Å²) < 4.78 is 33.0. The molecule has 0 aromatic heterocycles. The Kier molecular flexibility index (Phi) is 3.91. The van der Waals surface area contributed by atoms with Crippen LogP contribution in [-0.2, 0) is 11.2 Å². The second-order valence-corrected chi connectivity index (χ2v) is 6.86. The number of rotatable bonds is 3. The van der Waals surface area contributed by atoms with Crippen molar-refractivity contribution in [2.75, 3.05) is 0 Å². The third kappa shape index (κ3) is 3.01. The monoisotopic (exact) mass is 283 g/mol. The van der Waals surface area contributed by atoms with Crippen molar-refractivity contribution < 1.29 is 13.5 Å². The zero-order chi connectivity index (χ0) is 15.1. The molecule has 0 bridgehead atoms. The first kappa shape index (κ1) is 15.4. The van der Waals surface area contributed by atoms with E-state index in [1.807, 2.05) is 27.7 Å². The van der Waals surface area contributed by atoms with Crippen LogP contribution in [0.3, 0.4) is 0 Å². The van der Waals surface area contributed by atoms with Crippen LogP contribution in [0.2, 0.25) is 0 Å². The van der Waals surface area contributed by atoms with Gasteiger partial charge in [0.1, 0.15) is 0 Å². The molecule has 0 radical (unpaired) electrons. The largest absolute Gasteiger partial charge is 0.369 e. The van der Waals surface area contributed by atoms with Gasteiger partial charge in [-0.2, -0.15) is 0 Å². The van der Waals surface area contributed by atoms with E-state index in [1.54, 1.807) is 6.07 Å². The summed E-state index contributed by atoms with van der Waals surface area (Å²) in [6, 6.07) is 3.96. The van der Waals surface area contributed by atoms with Crippen LogP contribution in [-0.4, -0.2) is 17.2 Å². The first-order valence-electron chi connectivity index (χ1n) is 7.01. The van der Waals surface area contributed by atoms with Crippen molar-refractivity contribution in [3.8, 4) is 0 Å². The fourth-order valence-corrected chi connectivity index (χ4v) is 3.37. The van der Waals surface area contributed by atoms with E-state index in [9.17, 15) is 8.78 Å². The maximum Gasteiger partial charge on any atom is 0.162 e. The van der Waals surface area contributed by atoms with E-state index in [4.69, 9.17) is 10.5 Å². The number of hydrogen-bond donors (Lipinski definition) is 1. The Morgan fingerprint density at radius 3 is 2.50 bits per heavy atom. The number of ether oxygens (including phenoxy) is 1. The smallest absolute Gasteiger partial charge is 0.162 e. The molecule has 2 atom stereocenters. The molecule has 1 aliphatic rings. The summed E-state index contributed by atoms with van der Waals surface area (Å²) >= 11 is 0. The van der Waals surface area contributed by atoms with Crippen LogP contribution >= 0.6 is 0 Å². The zero-order valence-electron chi connectivity index (χ0n) is 12.5. The standard InChI is InChI=1S/C16H23F2NO/c1-15(2)9-11(16(3,4)20-15)13(19)8-10-6-5-7-12(17)14(10)18/h5-7,11,13H,8-9,19H2,1-4H3. The van der Waals surface area contributed by atoms with Crippen LogP contribution in [0.5, 0.6) is 0 Å². The van der Waals surface area contributed by atoms with Crippen LogP contribution in [0.15, 0.2) is 18.2 Å². The molecule has 1 aromatic rings. The molecule has 1 fully saturated rings. The van der Waals surface area contributed by atoms with E-state index in [1.165, 1.54) is 6.07 Å². The van der Waals surface area contributed by atoms with Crippen molar-refractivity contribution in [1.29, 1.82) is 0 Å². The lowest BCUT2D eigenvalue weighted by molar-refractivity contribution is -0.0765. The summed E-state index contributed by atoms with van der Waals surface area (Å²) in [4.78, 5) is 0. The second-order valence-electron chi connectivity index (χ2n) is 6.86. The minimum Gasteiger partial charge on any atom is -0.369 e. The lowest BCUT2D eigenvalue weighted by Gasteiger charge is -2.31. The molecule has 0 spiro atoms. The molecule has 2 rings (SSSR count). The Labute approximate surface area is 119 Å². The highest BCUT2D eigenvalue weighted by Crippen LogP contribution is 2.43. The predicted octanol–water partition coefficient (Wildman–Crippen LogP) is 3.43. The third-order valence-electron chi connectivity index (χ3n) is 4.15. The lowest BCUT2D eigenvalue weighted by Crippen LogP contribution is -2.42. The molecule has 1 aliphatic heterocycles. The van der Waals surface area contributed by atoms with Gasteiger partial charge < -0.3 is 10.5 Å². The highest BCUT2D eigenvalue weighted by atomic mass is 19.2. The highest BCUT2D eigenvalue weighted by molar-refractivity contribution is 5.20. The molecule has 0 amide bonds. The van der Waals surface area contributed by atoms with Gasteiger partial charge in [-0.3, -0.25) is 0 Å². The average molecular weight is 283 g/mol. The first-order valence-corrected chi connectivity index (χ1v) is 7.01. The molecule has 0 saturated carbocycles. The quantitative estimate of drug-likeness (QED) is 0.922. The Balaban J connectivity index is 2.16. The number of benzene rings is 1. The van der Waals surface area contributed by atoms with Gasteiger partial charge in [0, 0.05) is 12.0 Å². The van der Waals surface area contributed by atoms with Crippen molar-refractivity contribution in [2.24, 2.45) is 11.7 Å². The molecule has 4 heteroatoms. The van der Waals surface area contributed by atoms with Crippen molar-refractivity contribution >= 4 is 0 Å². The summed E-state index contributed by atoms with van der Waals surface area (Å²) in [6.07, 6.45) is 1.13. The van der Waals surface area contributed by atoms with Gasteiger partial charge >= 0.3 is 0 Å². The third-order valence-corrected chi connectivity index (χ3v) is 4.15. The molecule has 2 N–H and O–H groups in total. The van der Waals surface area contributed by atoms with E-state index < -0.39 is 11.6 Å². The second kappa shape index (κ2) is 5.08. The maximum atomic E-state index is 13.7. The molecule has 1 saturated heterocycles. The molecule has 2 unspecified atom stereocenters. The molecule has 2 nitrogen and oxygen atoms in total. The maximum absolute atomic E-state index is 13.7. The SMILES string of the molecule is CC1(C)CC(C(N)Cc2cccc(F)c2F)C(C)(C)O1. The Hall–Kier alpha value is -1.00. The summed E-state index contributed by atoms with van der Waals surface area (Å²) in [5.74, 6) is -1.50. The van der Waals surface area contributed by atoms with Crippen LogP contribution in [0.1, 0.15) is 39.7 Å². The van der Waals surface area contributed by atoms with E-state index in [-0.39, 0.29) is 23.2 Å². The van der Waals surface area contributed by atoms with Gasteiger partial charge in [-0.25, -0.2) is 8.78 Å².